The molecule has 2 aliphatic heterocycles. The van der Waals surface area contributed by atoms with E-state index in [2.05, 4.69) is 11.0 Å². The first-order chi connectivity index (χ1) is 12.2. The van der Waals surface area contributed by atoms with Gasteiger partial charge in [-0.1, -0.05) is 24.3 Å². The molecule has 2 aromatic rings. The normalized spacial score (nSPS) is 22.8. The standard InChI is InChI=1S/C20H22N2O3/c1-21-17-8-3-4-9-19(17)25-16-11-18(20(21)23)22(13-16)12-14-6-5-7-15(10-14)24-2/h3-10,16,18H,11-13H2,1-2H3/t16-,18-/m0/s1. The second-order valence-electron chi connectivity index (χ2n) is 6.64. The van der Waals surface area contributed by atoms with Gasteiger partial charge in [-0.3, -0.25) is 9.69 Å². The lowest BCUT2D eigenvalue weighted by atomic mass is 10.1. The summed E-state index contributed by atoms with van der Waals surface area (Å²) in [5, 5.41) is 0. The SMILES string of the molecule is COc1cccc(CN2C[C@@H]3C[C@H]2C(=O)N(C)c2ccccc2O3)c1. The zero-order chi connectivity index (χ0) is 17.4. The average molecular weight is 338 g/mol. The third-order valence-corrected chi connectivity index (χ3v) is 5.02. The first-order valence-electron chi connectivity index (χ1n) is 8.56. The molecule has 2 aliphatic rings. The van der Waals surface area contributed by atoms with Gasteiger partial charge >= 0.3 is 0 Å². The van der Waals surface area contributed by atoms with E-state index in [4.69, 9.17) is 9.47 Å². The number of nitrogens with zero attached hydrogens (tertiary/aromatic N) is 2. The smallest absolute Gasteiger partial charge is 0.244 e. The highest BCUT2D eigenvalue weighted by Crippen LogP contribution is 2.35. The minimum atomic E-state index is -0.158. The predicted octanol–water partition coefficient (Wildman–Crippen LogP) is 2.69. The second-order valence-corrected chi connectivity index (χ2v) is 6.64. The van der Waals surface area contributed by atoms with Crippen LogP contribution in [0.1, 0.15) is 12.0 Å². The molecular weight excluding hydrogens is 316 g/mol. The van der Waals surface area contributed by atoms with Gasteiger partial charge in [0.1, 0.15) is 17.6 Å². The number of methoxy groups -OCH3 is 1. The number of likely N-dealkylation sites (N-methyl/N-ethyl adjacent to an activating group) is 1. The van der Waals surface area contributed by atoms with Crippen molar-refractivity contribution in [1.29, 1.82) is 0 Å². The summed E-state index contributed by atoms with van der Waals surface area (Å²) in [6.45, 7) is 1.45. The number of hydrogen-bond donors (Lipinski definition) is 0. The molecule has 2 heterocycles. The molecule has 5 nitrogen and oxygen atoms in total. The summed E-state index contributed by atoms with van der Waals surface area (Å²) in [5.74, 6) is 1.74. The van der Waals surface area contributed by atoms with Crippen molar-refractivity contribution in [2.45, 2.75) is 25.1 Å². The van der Waals surface area contributed by atoms with Gasteiger partial charge in [0.2, 0.25) is 5.91 Å². The maximum absolute atomic E-state index is 13.0. The monoisotopic (exact) mass is 338 g/mol. The number of para-hydroxylation sites is 2. The predicted molar refractivity (Wildman–Crippen MR) is 96.1 cm³/mol. The van der Waals surface area contributed by atoms with Gasteiger partial charge in [-0.15, -0.1) is 0 Å². The molecule has 0 aliphatic carbocycles. The number of benzene rings is 2. The van der Waals surface area contributed by atoms with Crippen molar-refractivity contribution >= 4 is 11.6 Å². The fraction of sp³-hybridized carbons (Fsp3) is 0.350. The first kappa shape index (κ1) is 16.0. The van der Waals surface area contributed by atoms with Crippen LogP contribution in [0.15, 0.2) is 48.5 Å². The molecule has 0 aromatic heterocycles. The van der Waals surface area contributed by atoms with Gasteiger partial charge in [-0.2, -0.15) is 0 Å². The molecule has 1 fully saturated rings. The van der Waals surface area contributed by atoms with E-state index in [0.717, 1.165) is 35.7 Å². The molecule has 0 spiro atoms. The van der Waals surface area contributed by atoms with Crippen molar-refractivity contribution in [3.05, 3.63) is 54.1 Å². The van der Waals surface area contributed by atoms with Gasteiger partial charge in [-0.25, -0.2) is 0 Å². The fourth-order valence-corrected chi connectivity index (χ4v) is 3.74. The number of likely N-dealkylation sites (tertiary alicyclic amines) is 1. The summed E-state index contributed by atoms with van der Waals surface area (Å²) in [7, 11) is 3.49. The second kappa shape index (κ2) is 6.41. The van der Waals surface area contributed by atoms with Crippen LogP contribution in [0.4, 0.5) is 5.69 Å². The highest BCUT2D eigenvalue weighted by Gasteiger charge is 2.41. The highest BCUT2D eigenvalue weighted by atomic mass is 16.5. The number of carbonyl (C=O) groups excluding carboxylic acids is 1. The molecule has 0 radical (unpaired) electrons. The van der Waals surface area contributed by atoms with Crippen LogP contribution in [0.3, 0.4) is 0 Å². The van der Waals surface area contributed by atoms with Crippen LogP contribution in [0.5, 0.6) is 11.5 Å². The van der Waals surface area contributed by atoms with Crippen LogP contribution >= 0.6 is 0 Å². The number of amides is 1. The molecule has 2 bridgehead atoms. The van der Waals surface area contributed by atoms with E-state index in [1.54, 1.807) is 12.0 Å². The lowest BCUT2D eigenvalue weighted by Gasteiger charge is -2.29. The van der Waals surface area contributed by atoms with Crippen molar-refractivity contribution in [3.63, 3.8) is 0 Å². The largest absolute Gasteiger partial charge is 0.497 e. The van der Waals surface area contributed by atoms with Crippen molar-refractivity contribution in [3.8, 4) is 11.5 Å². The van der Waals surface area contributed by atoms with E-state index in [1.807, 2.05) is 49.5 Å². The average Bonchev–Trinajstić information content (AvgIpc) is 3.03. The van der Waals surface area contributed by atoms with Gasteiger partial charge in [-0.05, 0) is 29.8 Å². The van der Waals surface area contributed by atoms with Crippen molar-refractivity contribution in [2.75, 3.05) is 25.6 Å². The molecule has 25 heavy (non-hydrogen) atoms. The summed E-state index contributed by atoms with van der Waals surface area (Å²) in [6.07, 6.45) is 0.760. The Balaban J connectivity index is 1.61. The molecule has 0 unspecified atom stereocenters. The van der Waals surface area contributed by atoms with Gasteiger partial charge in [0.05, 0.1) is 18.8 Å². The zero-order valence-corrected chi connectivity index (χ0v) is 14.5. The van der Waals surface area contributed by atoms with Crippen LogP contribution in [-0.4, -0.2) is 43.7 Å². The number of hydrogen-bond acceptors (Lipinski definition) is 4. The number of anilines is 1. The molecule has 2 atom stereocenters. The summed E-state index contributed by atoms with van der Waals surface area (Å²) < 4.78 is 11.5. The number of ether oxygens (including phenoxy) is 2. The third kappa shape index (κ3) is 2.96. The Hall–Kier alpha value is -2.53. The Kier molecular flexibility index (Phi) is 4.09. The summed E-state index contributed by atoms with van der Waals surface area (Å²) >= 11 is 0. The first-order valence-corrected chi connectivity index (χ1v) is 8.56. The van der Waals surface area contributed by atoms with Gasteiger partial charge < -0.3 is 14.4 Å². The number of carbonyl (C=O) groups is 1. The molecule has 4 rings (SSSR count). The maximum Gasteiger partial charge on any atom is 0.244 e. The number of fused-ring (bicyclic) bond motifs is 3. The van der Waals surface area contributed by atoms with E-state index < -0.39 is 0 Å². The molecule has 0 saturated carbocycles. The number of rotatable bonds is 3. The topological polar surface area (TPSA) is 42.0 Å². The van der Waals surface area contributed by atoms with E-state index in [9.17, 15) is 4.79 Å². The Morgan fingerprint density at radius 1 is 1.20 bits per heavy atom. The Bertz CT molecular complexity index is 792. The van der Waals surface area contributed by atoms with Gasteiger partial charge in [0, 0.05) is 26.6 Å². The quantitative estimate of drug-likeness (QED) is 0.863. The molecule has 1 saturated heterocycles. The Morgan fingerprint density at radius 2 is 2.04 bits per heavy atom. The van der Waals surface area contributed by atoms with Gasteiger partial charge in [0.15, 0.2) is 0 Å². The van der Waals surface area contributed by atoms with Crippen LogP contribution in [-0.2, 0) is 11.3 Å². The minimum absolute atomic E-state index is 0.0365. The third-order valence-electron chi connectivity index (χ3n) is 5.02. The molecule has 130 valence electrons. The van der Waals surface area contributed by atoms with Crippen LogP contribution in [0.2, 0.25) is 0 Å². The zero-order valence-electron chi connectivity index (χ0n) is 14.5. The molecule has 0 N–H and O–H groups in total. The molecule has 2 aromatic carbocycles. The van der Waals surface area contributed by atoms with Crippen molar-refractivity contribution in [1.82, 2.24) is 4.90 Å². The van der Waals surface area contributed by atoms with Crippen LogP contribution < -0.4 is 14.4 Å². The summed E-state index contributed by atoms with van der Waals surface area (Å²) in [4.78, 5) is 17.0. The summed E-state index contributed by atoms with van der Waals surface area (Å²) in [5.41, 5.74) is 1.97. The highest BCUT2D eigenvalue weighted by molar-refractivity contribution is 5.98. The van der Waals surface area contributed by atoms with Crippen molar-refractivity contribution < 1.29 is 14.3 Å². The van der Waals surface area contributed by atoms with Crippen LogP contribution in [0.25, 0.3) is 0 Å². The van der Waals surface area contributed by atoms with Crippen molar-refractivity contribution in [2.24, 2.45) is 0 Å². The Labute approximate surface area is 147 Å². The fourth-order valence-electron chi connectivity index (χ4n) is 3.74. The lowest BCUT2D eigenvalue weighted by Crippen LogP contribution is -2.44. The summed E-state index contributed by atoms with van der Waals surface area (Å²) in [6, 6.07) is 15.6. The van der Waals surface area contributed by atoms with E-state index in [1.165, 1.54) is 0 Å². The van der Waals surface area contributed by atoms with E-state index >= 15 is 0 Å². The Morgan fingerprint density at radius 3 is 2.88 bits per heavy atom. The van der Waals surface area contributed by atoms with E-state index in [-0.39, 0.29) is 18.1 Å². The lowest BCUT2D eigenvalue weighted by molar-refractivity contribution is -0.122. The minimum Gasteiger partial charge on any atom is -0.497 e. The molecular formula is C20H22N2O3. The van der Waals surface area contributed by atoms with E-state index in [0.29, 0.717) is 6.54 Å². The molecule has 5 heteroatoms. The van der Waals surface area contributed by atoms with Crippen LogP contribution in [0, 0.1) is 0 Å². The molecule has 1 amide bonds. The maximum atomic E-state index is 13.0. The van der Waals surface area contributed by atoms with Gasteiger partial charge in [0.25, 0.3) is 0 Å².